The van der Waals surface area contributed by atoms with Crippen LogP contribution in [0.15, 0.2) is 17.9 Å². The molecule has 2 rings (SSSR count). The van der Waals surface area contributed by atoms with Crippen molar-refractivity contribution in [3.63, 3.8) is 0 Å². The first-order valence-corrected chi connectivity index (χ1v) is 6.54. The molecule has 0 aliphatic heterocycles. The van der Waals surface area contributed by atoms with Gasteiger partial charge in [-0.3, -0.25) is 0 Å². The van der Waals surface area contributed by atoms with Gasteiger partial charge in [0, 0.05) is 24.5 Å². The van der Waals surface area contributed by atoms with Crippen molar-refractivity contribution in [1.29, 1.82) is 0 Å². The molecule has 0 amide bonds. The van der Waals surface area contributed by atoms with Gasteiger partial charge in [-0.15, -0.1) is 11.3 Å². The summed E-state index contributed by atoms with van der Waals surface area (Å²) < 4.78 is 5.30. The van der Waals surface area contributed by atoms with Crippen LogP contribution in [0.25, 0.3) is 0 Å². The minimum atomic E-state index is 0.421. The van der Waals surface area contributed by atoms with Crippen molar-refractivity contribution in [3.8, 4) is 5.88 Å². The van der Waals surface area contributed by atoms with Crippen LogP contribution < -0.4 is 15.8 Å². The van der Waals surface area contributed by atoms with Crippen LogP contribution >= 0.6 is 11.3 Å². The van der Waals surface area contributed by atoms with E-state index in [1.54, 1.807) is 17.5 Å². The van der Waals surface area contributed by atoms with E-state index in [2.05, 4.69) is 20.3 Å². The number of nitrogen functional groups attached to an aromatic ring is 1. The molecular formula is C11H15N5OS. The van der Waals surface area contributed by atoms with Gasteiger partial charge >= 0.3 is 0 Å². The fourth-order valence-electron chi connectivity index (χ4n) is 1.44. The lowest BCUT2D eigenvalue weighted by atomic mass is 10.4. The first kappa shape index (κ1) is 12.6. The zero-order valence-electron chi connectivity index (χ0n) is 10.1. The number of aromatic nitrogens is 3. The Morgan fingerprint density at radius 2 is 2.28 bits per heavy atom. The highest BCUT2D eigenvalue weighted by atomic mass is 32.1. The molecule has 0 bridgehead atoms. The van der Waals surface area contributed by atoms with Gasteiger partial charge in [-0.1, -0.05) is 0 Å². The Balaban J connectivity index is 1.94. The molecule has 0 saturated heterocycles. The van der Waals surface area contributed by atoms with Gasteiger partial charge in [-0.25, -0.2) is 9.97 Å². The molecule has 0 aromatic carbocycles. The number of hydrogen-bond donors (Lipinski definition) is 2. The predicted molar refractivity (Wildman–Crippen MR) is 71.9 cm³/mol. The van der Waals surface area contributed by atoms with E-state index in [0.29, 0.717) is 24.0 Å². The van der Waals surface area contributed by atoms with E-state index < -0.39 is 0 Å². The van der Waals surface area contributed by atoms with Gasteiger partial charge in [0.15, 0.2) is 5.82 Å². The third-order valence-electron chi connectivity index (χ3n) is 2.24. The van der Waals surface area contributed by atoms with Gasteiger partial charge in [0.05, 0.1) is 11.6 Å². The molecule has 2 heterocycles. The molecule has 0 aliphatic carbocycles. The van der Waals surface area contributed by atoms with Crippen LogP contribution in [-0.2, 0) is 6.42 Å². The quantitative estimate of drug-likeness (QED) is 0.824. The summed E-state index contributed by atoms with van der Waals surface area (Å²) in [6, 6.07) is 0. The molecule has 96 valence electrons. The van der Waals surface area contributed by atoms with E-state index in [0.717, 1.165) is 18.0 Å². The van der Waals surface area contributed by atoms with E-state index in [9.17, 15) is 0 Å². The Morgan fingerprint density at radius 1 is 1.39 bits per heavy atom. The Labute approximate surface area is 109 Å². The molecule has 2 aromatic rings. The molecule has 7 heteroatoms. The van der Waals surface area contributed by atoms with Crippen LogP contribution in [0.3, 0.4) is 0 Å². The summed E-state index contributed by atoms with van der Waals surface area (Å²) in [7, 11) is 0. The SMILES string of the molecule is CCOc1ncnc(NCCc2nccs2)c1N. The largest absolute Gasteiger partial charge is 0.476 e. The molecule has 0 saturated carbocycles. The first-order chi connectivity index (χ1) is 8.81. The van der Waals surface area contributed by atoms with Crippen LogP contribution in [0.5, 0.6) is 5.88 Å². The van der Waals surface area contributed by atoms with Crippen LogP contribution in [-0.4, -0.2) is 28.1 Å². The lowest BCUT2D eigenvalue weighted by Crippen LogP contribution is -2.10. The Kier molecular flexibility index (Phi) is 4.30. The smallest absolute Gasteiger partial charge is 0.242 e. The number of anilines is 2. The fourth-order valence-corrected chi connectivity index (χ4v) is 2.06. The minimum Gasteiger partial charge on any atom is -0.476 e. The Hall–Kier alpha value is -1.89. The number of nitrogens with two attached hydrogens (primary N) is 1. The molecule has 0 unspecified atom stereocenters. The molecule has 0 atom stereocenters. The third-order valence-corrected chi connectivity index (χ3v) is 3.08. The maximum atomic E-state index is 5.90. The maximum absolute atomic E-state index is 5.90. The maximum Gasteiger partial charge on any atom is 0.242 e. The molecule has 0 radical (unpaired) electrons. The molecule has 18 heavy (non-hydrogen) atoms. The van der Waals surface area contributed by atoms with Crippen molar-refractivity contribution in [2.45, 2.75) is 13.3 Å². The summed E-state index contributed by atoms with van der Waals surface area (Å²) in [6.45, 7) is 3.14. The monoisotopic (exact) mass is 265 g/mol. The number of nitrogens with one attached hydrogen (secondary N) is 1. The standard InChI is InChI=1S/C11H15N5OS/c1-2-17-11-9(12)10(15-7-16-11)14-4-3-8-13-5-6-18-8/h5-7H,2-4,12H2,1H3,(H,14,15,16). The summed E-state index contributed by atoms with van der Waals surface area (Å²) in [6.07, 6.45) is 4.07. The lowest BCUT2D eigenvalue weighted by molar-refractivity contribution is 0.328. The molecule has 2 aromatic heterocycles. The van der Waals surface area contributed by atoms with Crippen molar-refractivity contribution in [3.05, 3.63) is 22.9 Å². The van der Waals surface area contributed by atoms with Crippen LogP contribution in [0.1, 0.15) is 11.9 Å². The van der Waals surface area contributed by atoms with Gasteiger partial charge < -0.3 is 15.8 Å². The number of rotatable bonds is 6. The second-order valence-corrected chi connectivity index (χ2v) is 4.46. The molecule has 6 nitrogen and oxygen atoms in total. The number of ether oxygens (including phenoxy) is 1. The second kappa shape index (κ2) is 6.15. The van der Waals surface area contributed by atoms with E-state index in [4.69, 9.17) is 10.5 Å². The highest BCUT2D eigenvalue weighted by Gasteiger charge is 2.08. The Bertz CT molecular complexity index is 488. The molecular weight excluding hydrogens is 250 g/mol. The van der Waals surface area contributed by atoms with E-state index in [-0.39, 0.29) is 0 Å². The van der Waals surface area contributed by atoms with Crippen molar-refractivity contribution >= 4 is 22.8 Å². The summed E-state index contributed by atoms with van der Waals surface area (Å²) in [5, 5.41) is 6.20. The van der Waals surface area contributed by atoms with E-state index >= 15 is 0 Å². The van der Waals surface area contributed by atoms with Gasteiger partial charge in [0.1, 0.15) is 12.0 Å². The molecule has 0 aliphatic rings. The van der Waals surface area contributed by atoms with Crippen LogP contribution in [0.2, 0.25) is 0 Å². The molecule has 0 fully saturated rings. The van der Waals surface area contributed by atoms with Crippen molar-refractivity contribution < 1.29 is 4.74 Å². The lowest BCUT2D eigenvalue weighted by Gasteiger charge is -2.10. The van der Waals surface area contributed by atoms with Crippen LogP contribution in [0.4, 0.5) is 11.5 Å². The molecule has 0 spiro atoms. The summed E-state index contributed by atoms with van der Waals surface area (Å²) in [5.41, 5.74) is 6.35. The number of nitrogens with zero attached hydrogens (tertiary/aromatic N) is 3. The number of hydrogen-bond acceptors (Lipinski definition) is 7. The zero-order valence-corrected chi connectivity index (χ0v) is 10.9. The third kappa shape index (κ3) is 3.07. The highest BCUT2D eigenvalue weighted by Crippen LogP contribution is 2.24. The normalized spacial score (nSPS) is 10.3. The summed E-state index contributed by atoms with van der Waals surface area (Å²) in [4.78, 5) is 12.3. The Morgan fingerprint density at radius 3 is 3.00 bits per heavy atom. The van der Waals surface area contributed by atoms with Crippen molar-refractivity contribution in [2.24, 2.45) is 0 Å². The zero-order chi connectivity index (χ0) is 12.8. The summed E-state index contributed by atoms with van der Waals surface area (Å²) in [5.74, 6) is 1.02. The van der Waals surface area contributed by atoms with Gasteiger partial charge in [-0.05, 0) is 6.92 Å². The highest BCUT2D eigenvalue weighted by molar-refractivity contribution is 7.09. The number of thiazole rings is 1. The first-order valence-electron chi connectivity index (χ1n) is 5.66. The van der Waals surface area contributed by atoms with Gasteiger partial charge in [0.25, 0.3) is 0 Å². The van der Waals surface area contributed by atoms with Crippen molar-refractivity contribution in [1.82, 2.24) is 15.0 Å². The second-order valence-electron chi connectivity index (χ2n) is 3.48. The topological polar surface area (TPSA) is 86.0 Å². The molecule has 3 N–H and O–H groups in total. The minimum absolute atomic E-state index is 0.421. The predicted octanol–water partition coefficient (Wildman–Crippen LogP) is 1.57. The van der Waals surface area contributed by atoms with Crippen molar-refractivity contribution in [2.75, 3.05) is 24.2 Å². The average molecular weight is 265 g/mol. The fraction of sp³-hybridized carbons (Fsp3) is 0.364. The van der Waals surface area contributed by atoms with Crippen LogP contribution in [0, 0.1) is 0 Å². The van der Waals surface area contributed by atoms with Gasteiger partial charge in [0.2, 0.25) is 5.88 Å². The van der Waals surface area contributed by atoms with E-state index in [1.807, 2.05) is 12.3 Å². The van der Waals surface area contributed by atoms with Gasteiger partial charge in [-0.2, -0.15) is 4.98 Å². The summed E-state index contributed by atoms with van der Waals surface area (Å²) >= 11 is 1.63. The van der Waals surface area contributed by atoms with E-state index in [1.165, 1.54) is 6.33 Å². The average Bonchev–Trinajstić information content (AvgIpc) is 2.87.